The number of nitrogens with one attached hydrogen (secondary N) is 2. The summed E-state index contributed by atoms with van der Waals surface area (Å²) < 4.78 is 0. The van der Waals surface area contributed by atoms with Crippen LogP contribution >= 0.6 is 11.6 Å². The first kappa shape index (κ1) is 19.2. The first-order valence-corrected chi connectivity index (χ1v) is 9.57. The molecule has 1 aliphatic rings. The van der Waals surface area contributed by atoms with Crippen molar-refractivity contribution in [2.24, 2.45) is 5.92 Å². The molecule has 3 amide bonds. The number of benzene rings is 2. The third-order valence-corrected chi connectivity index (χ3v) is 5.16. The van der Waals surface area contributed by atoms with Crippen LogP contribution in [0, 0.1) is 5.92 Å². The number of carbonyl (C=O) groups excluding carboxylic acids is 2. The van der Waals surface area contributed by atoms with E-state index in [0.717, 1.165) is 11.3 Å². The van der Waals surface area contributed by atoms with E-state index in [4.69, 9.17) is 11.6 Å². The van der Waals surface area contributed by atoms with Gasteiger partial charge in [0.05, 0.1) is 6.04 Å². The lowest BCUT2D eigenvalue weighted by atomic mass is 9.96. The predicted octanol–water partition coefficient (Wildman–Crippen LogP) is 4.46. The quantitative estimate of drug-likeness (QED) is 0.816. The normalized spacial score (nSPS) is 15.9. The van der Waals surface area contributed by atoms with Crippen LogP contribution in [0.1, 0.15) is 31.4 Å². The molecule has 6 heteroatoms. The van der Waals surface area contributed by atoms with Crippen LogP contribution < -0.4 is 10.6 Å². The van der Waals surface area contributed by atoms with Gasteiger partial charge in [-0.25, -0.2) is 4.79 Å². The van der Waals surface area contributed by atoms with Crippen LogP contribution in [0.15, 0.2) is 54.6 Å². The maximum atomic E-state index is 12.5. The van der Waals surface area contributed by atoms with Gasteiger partial charge in [-0.2, -0.15) is 0 Å². The van der Waals surface area contributed by atoms with Crippen molar-refractivity contribution in [1.29, 1.82) is 0 Å². The molecule has 0 saturated carbocycles. The summed E-state index contributed by atoms with van der Waals surface area (Å²) in [5, 5.41) is 6.63. The number of piperidine rings is 1. The number of urea groups is 1. The van der Waals surface area contributed by atoms with E-state index in [1.54, 1.807) is 4.90 Å². The molecule has 0 unspecified atom stereocenters. The van der Waals surface area contributed by atoms with Gasteiger partial charge < -0.3 is 15.5 Å². The van der Waals surface area contributed by atoms with Gasteiger partial charge in [0.25, 0.3) is 0 Å². The average molecular weight is 386 g/mol. The van der Waals surface area contributed by atoms with Crippen LogP contribution in [0.2, 0.25) is 5.02 Å². The lowest BCUT2D eigenvalue weighted by Gasteiger charge is -2.32. The minimum Gasteiger partial charge on any atom is -0.331 e. The highest BCUT2D eigenvalue weighted by atomic mass is 35.5. The molecule has 27 heavy (non-hydrogen) atoms. The third kappa shape index (κ3) is 5.23. The van der Waals surface area contributed by atoms with Crippen molar-refractivity contribution >= 4 is 29.2 Å². The maximum Gasteiger partial charge on any atom is 0.317 e. The Balaban J connectivity index is 1.47. The van der Waals surface area contributed by atoms with E-state index in [9.17, 15) is 9.59 Å². The van der Waals surface area contributed by atoms with Gasteiger partial charge in [0.1, 0.15) is 0 Å². The summed E-state index contributed by atoms with van der Waals surface area (Å²) in [6.45, 7) is 3.10. The summed E-state index contributed by atoms with van der Waals surface area (Å²) in [7, 11) is 0. The van der Waals surface area contributed by atoms with E-state index in [1.165, 1.54) is 0 Å². The van der Waals surface area contributed by atoms with Crippen molar-refractivity contribution in [3.8, 4) is 0 Å². The van der Waals surface area contributed by atoms with Crippen LogP contribution in [0.5, 0.6) is 0 Å². The van der Waals surface area contributed by atoms with Gasteiger partial charge in [0.2, 0.25) is 5.91 Å². The van der Waals surface area contributed by atoms with E-state index in [2.05, 4.69) is 10.6 Å². The highest BCUT2D eigenvalue weighted by molar-refractivity contribution is 6.30. The highest BCUT2D eigenvalue weighted by Crippen LogP contribution is 2.21. The minimum atomic E-state index is -0.103. The second kappa shape index (κ2) is 8.91. The molecule has 0 aliphatic carbocycles. The Morgan fingerprint density at radius 3 is 2.30 bits per heavy atom. The fourth-order valence-corrected chi connectivity index (χ4v) is 3.35. The standard InChI is InChI=1S/C21H24ClN3O2/c1-15(16-7-9-18(22)10-8-16)23-21(27)25-13-11-17(12-14-25)20(26)24-19-5-3-2-4-6-19/h2-10,15,17H,11-14H2,1H3,(H,23,27)(H,24,26)/t15-/m1/s1. The van der Waals surface area contributed by atoms with Crippen molar-refractivity contribution < 1.29 is 9.59 Å². The van der Waals surface area contributed by atoms with Crippen LogP contribution in [0.25, 0.3) is 0 Å². The van der Waals surface area contributed by atoms with Crippen LogP contribution in [-0.4, -0.2) is 29.9 Å². The van der Waals surface area contributed by atoms with Crippen molar-refractivity contribution in [2.75, 3.05) is 18.4 Å². The Morgan fingerprint density at radius 1 is 1.04 bits per heavy atom. The average Bonchev–Trinajstić information content (AvgIpc) is 2.69. The van der Waals surface area contributed by atoms with E-state index in [0.29, 0.717) is 31.0 Å². The maximum absolute atomic E-state index is 12.5. The SMILES string of the molecule is C[C@@H](NC(=O)N1CCC(C(=O)Nc2ccccc2)CC1)c1ccc(Cl)cc1. The fourth-order valence-electron chi connectivity index (χ4n) is 3.22. The van der Waals surface area contributed by atoms with Crippen molar-refractivity contribution in [3.63, 3.8) is 0 Å². The lowest BCUT2D eigenvalue weighted by molar-refractivity contribution is -0.121. The number of amides is 3. The minimum absolute atomic E-state index is 0.0239. The molecule has 5 nitrogen and oxygen atoms in total. The Labute approximate surface area is 164 Å². The highest BCUT2D eigenvalue weighted by Gasteiger charge is 2.28. The molecular weight excluding hydrogens is 362 g/mol. The molecule has 3 rings (SSSR count). The summed E-state index contributed by atoms with van der Waals surface area (Å²) in [6, 6.07) is 16.7. The summed E-state index contributed by atoms with van der Waals surface area (Å²) in [6.07, 6.45) is 1.34. The Morgan fingerprint density at radius 2 is 1.67 bits per heavy atom. The first-order chi connectivity index (χ1) is 13.0. The van der Waals surface area contributed by atoms with Crippen LogP contribution in [-0.2, 0) is 4.79 Å². The molecule has 0 bridgehead atoms. The number of carbonyl (C=O) groups is 2. The molecule has 1 aliphatic heterocycles. The van der Waals surface area contributed by atoms with Gasteiger partial charge >= 0.3 is 6.03 Å². The Hall–Kier alpha value is -2.53. The molecule has 142 valence electrons. The number of likely N-dealkylation sites (tertiary alicyclic amines) is 1. The molecule has 2 aromatic carbocycles. The zero-order chi connectivity index (χ0) is 19.2. The van der Waals surface area contributed by atoms with Gasteiger partial charge in [-0.3, -0.25) is 4.79 Å². The Kier molecular flexibility index (Phi) is 6.35. The number of nitrogens with zero attached hydrogens (tertiary/aromatic N) is 1. The number of halogens is 1. The van der Waals surface area contributed by atoms with Gasteiger partial charge in [-0.05, 0) is 49.6 Å². The number of rotatable bonds is 4. The predicted molar refractivity (Wildman–Crippen MR) is 108 cm³/mol. The molecule has 0 radical (unpaired) electrons. The summed E-state index contributed by atoms with van der Waals surface area (Å²) in [5.41, 5.74) is 1.81. The smallest absolute Gasteiger partial charge is 0.317 e. The first-order valence-electron chi connectivity index (χ1n) is 9.20. The molecule has 2 aromatic rings. The van der Waals surface area contributed by atoms with Crippen LogP contribution in [0.4, 0.5) is 10.5 Å². The molecule has 0 aromatic heterocycles. The lowest BCUT2D eigenvalue weighted by Crippen LogP contribution is -2.46. The van der Waals surface area contributed by atoms with Gasteiger partial charge in [0.15, 0.2) is 0 Å². The topological polar surface area (TPSA) is 61.4 Å². The third-order valence-electron chi connectivity index (χ3n) is 4.90. The molecule has 1 saturated heterocycles. The molecule has 1 heterocycles. The number of anilines is 1. The van der Waals surface area contributed by atoms with Crippen molar-refractivity contribution in [2.45, 2.75) is 25.8 Å². The number of hydrogen-bond acceptors (Lipinski definition) is 2. The molecular formula is C21H24ClN3O2. The Bertz CT molecular complexity index is 772. The van der Waals surface area contributed by atoms with Crippen LogP contribution in [0.3, 0.4) is 0 Å². The molecule has 2 N–H and O–H groups in total. The largest absolute Gasteiger partial charge is 0.331 e. The monoisotopic (exact) mass is 385 g/mol. The van der Waals surface area contributed by atoms with Crippen molar-refractivity contribution in [3.05, 3.63) is 65.2 Å². The van der Waals surface area contributed by atoms with E-state index >= 15 is 0 Å². The number of hydrogen-bond donors (Lipinski definition) is 2. The van der Waals surface area contributed by atoms with Gasteiger partial charge in [0, 0.05) is 29.7 Å². The van der Waals surface area contributed by atoms with Crippen molar-refractivity contribution in [1.82, 2.24) is 10.2 Å². The van der Waals surface area contributed by atoms with E-state index in [-0.39, 0.29) is 23.9 Å². The second-order valence-corrected chi connectivity index (χ2v) is 7.28. The zero-order valence-electron chi connectivity index (χ0n) is 15.3. The van der Waals surface area contributed by atoms with E-state index < -0.39 is 0 Å². The van der Waals surface area contributed by atoms with Gasteiger partial charge in [-0.15, -0.1) is 0 Å². The zero-order valence-corrected chi connectivity index (χ0v) is 16.1. The molecule has 1 atom stereocenters. The van der Waals surface area contributed by atoms with Gasteiger partial charge in [-0.1, -0.05) is 41.9 Å². The second-order valence-electron chi connectivity index (χ2n) is 6.84. The molecule has 0 spiro atoms. The molecule has 1 fully saturated rings. The number of para-hydroxylation sites is 1. The summed E-state index contributed by atoms with van der Waals surface area (Å²) in [4.78, 5) is 26.7. The van der Waals surface area contributed by atoms with E-state index in [1.807, 2.05) is 61.5 Å². The fraction of sp³-hybridized carbons (Fsp3) is 0.333. The summed E-state index contributed by atoms with van der Waals surface area (Å²) >= 11 is 5.91. The summed E-state index contributed by atoms with van der Waals surface area (Å²) in [5.74, 6) is -0.0428.